The molecule has 0 aliphatic rings. The fraction of sp³-hybridized carbons (Fsp3) is 1.00. The van der Waals surface area contributed by atoms with Crippen LogP contribution in [0.4, 0.5) is 0 Å². The Kier molecular flexibility index (Phi) is 8.54. The molecule has 2 atom stereocenters. The van der Waals surface area contributed by atoms with Crippen molar-refractivity contribution in [2.24, 2.45) is 22.7 Å². The van der Waals surface area contributed by atoms with Crippen LogP contribution in [0.5, 0.6) is 0 Å². The fourth-order valence-electron chi connectivity index (χ4n) is 2.48. The summed E-state index contributed by atoms with van der Waals surface area (Å²) in [6.07, 6.45) is 5.51. The first-order valence-corrected chi connectivity index (χ1v) is 9.09. The smallest absolute Gasteiger partial charge is 0.0607 e. The van der Waals surface area contributed by atoms with Crippen LogP contribution in [0.25, 0.3) is 0 Å². The van der Waals surface area contributed by atoms with Gasteiger partial charge < -0.3 is 4.74 Å². The molecule has 21 heavy (non-hydrogen) atoms. The van der Waals surface area contributed by atoms with Crippen LogP contribution in [0.3, 0.4) is 0 Å². The lowest BCUT2D eigenvalue weighted by Crippen LogP contribution is -2.36. The molecule has 0 amide bonds. The van der Waals surface area contributed by atoms with Gasteiger partial charge in [0, 0.05) is 0 Å². The topological polar surface area (TPSA) is 9.23 Å². The van der Waals surface area contributed by atoms with E-state index < -0.39 is 0 Å². The minimum atomic E-state index is 0.372. The Morgan fingerprint density at radius 3 is 1.14 bits per heavy atom. The van der Waals surface area contributed by atoms with Crippen molar-refractivity contribution in [3.63, 3.8) is 0 Å². The number of ether oxygens (including phenoxy) is 1. The molecule has 0 aromatic carbocycles. The minimum absolute atomic E-state index is 0.372. The van der Waals surface area contributed by atoms with Crippen molar-refractivity contribution < 1.29 is 4.74 Å². The predicted octanol–water partition coefficient (Wildman–Crippen LogP) is 6.70. The van der Waals surface area contributed by atoms with Crippen LogP contribution in [-0.4, -0.2) is 12.2 Å². The second-order valence-corrected chi connectivity index (χ2v) is 9.14. The van der Waals surface area contributed by atoms with Crippen molar-refractivity contribution in [1.82, 2.24) is 0 Å². The van der Waals surface area contributed by atoms with Gasteiger partial charge in [0.1, 0.15) is 0 Å². The highest BCUT2D eigenvalue weighted by atomic mass is 16.5. The maximum atomic E-state index is 6.65. The van der Waals surface area contributed by atoms with Crippen LogP contribution in [-0.2, 0) is 4.74 Å². The van der Waals surface area contributed by atoms with Crippen molar-refractivity contribution >= 4 is 0 Å². The molecule has 0 aliphatic carbocycles. The lowest BCUT2D eigenvalue weighted by atomic mass is 9.80. The fourth-order valence-corrected chi connectivity index (χ4v) is 2.48. The molecule has 0 rings (SSSR count). The molecule has 0 heterocycles. The summed E-state index contributed by atoms with van der Waals surface area (Å²) in [5, 5.41) is 0. The van der Waals surface area contributed by atoms with Gasteiger partial charge in [0.15, 0.2) is 0 Å². The molecule has 1 nitrogen and oxygen atoms in total. The van der Waals surface area contributed by atoms with Crippen LogP contribution in [0.1, 0.15) is 94.9 Å². The summed E-state index contributed by atoms with van der Waals surface area (Å²) < 4.78 is 6.65. The zero-order valence-electron chi connectivity index (χ0n) is 16.5. The Morgan fingerprint density at radius 2 is 0.952 bits per heavy atom. The lowest BCUT2D eigenvalue weighted by molar-refractivity contribution is -0.0889. The molecule has 0 saturated heterocycles. The number of hydrogen-bond acceptors (Lipinski definition) is 1. The summed E-state index contributed by atoms with van der Waals surface area (Å²) in [6.45, 7) is 23.3. The zero-order valence-corrected chi connectivity index (χ0v) is 16.5. The van der Waals surface area contributed by atoms with E-state index in [9.17, 15) is 0 Å². The summed E-state index contributed by atoms with van der Waals surface area (Å²) in [5.41, 5.74) is 0.744. The molecule has 128 valence electrons. The summed E-state index contributed by atoms with van der Waals surface area (Å²) in [5.74, 6) is 1.17. The maximum absolute atomic E-state index is 6.65. The van der Waals surface area contributed by atoms with Gasteiger partial charge >= 0.3 is 0 Å². The highest BCUT2D eigenvalue weighted by Crippen LogP contribution is 2.35. The SMILES string of the molecule is CCC(C)(C)CC(OC(CC(C)(C)CC)C(C)C)C(C)C. The molecule has 2 unspecified atom stereocenters. The molecule has 0 aliphatic heterocycles. The summed E-state index contributed by atoms with van der Waals surface area (Å²) >= 11 is 0. The molecule has 0 fully saturated rings. The van der Waals surface area contributed by atoms with E-state index in [1.807, 2.05) is 0 Å². The van der Waals surface area contributed by atoms with Crippen LogP contribution in [0, 0.1) is 22.7 Å². The van der Waals surface area contributed by atoms with E-state index in [0.717, 1.165) is 12.8 Å². The third-order valence-electron chi connectivity index (χ3n) is 5.26. The van der Waals surface area contributed by atoms with Crippen LogP contribution in [0.15, 0.2) is 0 Å². The van der Waals surface area contributed by atoms with E-state index in [-0.39, 0.29) is 0 Å². The largest absolute Gasteiger partial charge is 0.374 e. The highest BCUT2D eigenvalue weighted by molar-refractivity contribution is 4.80. The van der Waals surface area contributed by atoms with Gasteiger partial charge in [0.05, 0.1) is 12.2 Å². The molecule has 0 bridgehead atoms. The second kappa shape index (κ2) is 8.56. The molecule has 0 aromatic heterocycles. The Morgan fingerprint density at radius 1 is 0.667 bits per heavy atom. The molecular weight excluding hydrogens is 256 g/mol. The van der Waals surface area contributed by atoms with E-state index in [1.54, 1.807) is 0 Å². The first-order valence-electron chi connectivity index (χ1n) is 9.09. The Hall–Kier alpha value is -0.0400. The monoisotopic (exact) mass is 298 g/mol. The normalized spacial score (nSPS) is 16.6. The summed E-state index contributed by atoms with van der Waals surface area (Å²) in [7, 11) is 0. The molecule has 0 radical (unpaired) electrons. The van der Waals surface area contributed by atoms with Gasteiger partial charge in [0.25, 0.3) is 0 Å². The van der Waals surface area contributed by atoms with Crippen LogP contribution in [0.2, 0.25) is 0 Å². The van der Waals surface area contributed by atoms with Gasteiger partial charge in [0.2, 0.25) is 0 Å². The molecule has 1 heteroatoms. The van der Waals surface area contributed by atoms with E-state index in [4.69, 9.17) is 4.74 Å². The van der Waals surface area contributed by atoms with Crippen LogP contribution >= 0.6 is 0 Å². The van der Waals surface area contributed by atoms with E-state index >= 15 is 0 Å². The molecule has 0 spiro atoms. The predicted molar refractivity (Wildman–Crippen MR) is 95.7 cm³/mol. The zero-order chi connectivity index (χ0) is 16.8. The van der Waals surface area contributed by atoms with Gasteiger partial charge in [-0.1, -0.05) is 82.1 Å². The van der Waals surface area contributed by atoms with Crippen molar-refractivity contribution in [2.75, 3.05) is 0 Å². The third kappa shape index (κ3) is 8.24. The first-order chi connectivity index (χ1) is 9.44. The Balaban J connectivity index is 4.92. The van der Waals surface area contributed by atoms with Gasteiger partial charge in [-0.3, -0.25) is 0 Å². The Labute approximate surface area is 135 Å². The van der Waals surface area contributed by atoms with Crippen molar-refractivity contribution in [3.8, 4) is 0 Å². The molecule has 0 saturated carbocycles. The van der Waals surface area contributed by atoms with Gasteiger partial charge in [-0.2, -0.15) is 0 Å². The maximum Gasteiger partial charge on any atom is 0.0607 e. The highest BCUT2D eigenvalue weighted by Gasteiger charge is 2.30. The first kappa shape index (κ1) is 21.0. The Bertz CT molecular complexity index is 248. The summed E-state index contributed by atoms with van der Waals surface area (Å²) in [4.78, 5) is 0. The van der Waals surface area contributed by atoms with Crippen molar-refractivity contribution in [3.05, 3.63) is 0 Å². The van der Waals surface area contributed by atoms with Gasteiger partial charge in [-0.15, -0.1) is 0 Å². The number of hydrogen-bond donors (Lipinski definition) is 0. The van der Waals surface area contributed by atoms with Gasteiger partial charge in [-0.05, 0) is 35.5 Å². The minimum Gasteiger partial charge on any atom is -0.374 e. The molecule has 0 aromatic rings. The molecule has 0 N–H and O–H groups in total. The van der Waals surface area contributed by atoms with Crippen molar-refractivity contribution in [1.29, 1.82) is 0 Å². The second-order valence-electron chi connectivity index (χ2n) is 9.14. The average Bonchev–Trinajstić information content (AvgIpc) is 2.36. The van der Waals surface area contributed by atoms with Crippen molar-refractivity contribution in [2.45, 2.75) is 107 Å². The quantitative estimate of drug-likeness (QED) is 0.436. The van der Waals surface area contributed by atoms with Gasteiger partial charge in [-0.25, -0.2) is 0 Å². The lowest BCUT2D eigenvalue weighted by Gasteiger charge is -2.37. The van der Waals surface area contributed by atoms with E-state index in [0.29, 0.717) is 34.9 Å². The van der Waals surface area contributed by atoms with E-state index in [2.05, 4.69) is 69.2 Å². The van der Waals surface area contributed by atoms with Crippen LogP contribution < -0.4 is 0 Å². The number of rotatable bonds is 10. The standard InChI is InChI=1S/C20H42O/c1-11-19(7,8)13-17(15(3)4)21-18(16(5)6)14-20(9,10)12-2/h15-18H,11-14H2,1-10H3. The summed E-state index contributed by atoms with van der Waals surface area (Å²) in [6, 6.07) is 0. The molecular formula is C20H42O. The average molecular weight is 299 g/mol. The van der Waals surface area contributed by atoms with E-state index in [1.165, 1.54) is 12.8 Å². The third-order valence-corrected chi connectivity index (χ3v) is 5.26.